The van der Waals surface area contributed by atoms with Crippen molar-refractivity contribution in [2.45, 2.75) is 33.1 Å². The first-order valence-corrected chi connectivity index (χ1v) is 7.68. The lowest BCUT2D eigenvalue weighted by Crippen LogP contribution is -2.14. The lowest BCUT2D eigenvalue weighted by atomic mass is 9.86. The highest BCUT2D eigenvalue weighted by Gasteiger charge is 2.17. The van der Waals surface area contributed by atoms with Gasteiger partial charge in [-0.2, -0.15) is 10.1 Å². The van der Waals surface area contributed by atoms with Crippen molar-refractivity contribution in [3.05, 3.63) is 47.9 Å². The monoisotopic (exact) mass is 324 g/mol. The van der Waals surface area contributed by atoms with Gasteiger partial charge in [-0.05, 0) is 24.0 Å². The lowest BCUT2D eigenvalue weighted by Gasteiger charge is -2.23. The molecule has 7 nitrogen and oxygen atoms in total. The Morgan fingerprint density at radius 3 is 2.54 bits per heavy atom. The number of anilines is 4. The number of hydrogen-bond acceptors (Lipinski definition) is 7. The van der Waals surface area contributed by atoms with Crippen LogP contribution in [-0.2, 0) is 5.41 Å². The Morgan fingerprint density at radius 2 is 1.83 bits per heavy atom. The summed E-state index contributed by atoms with van der Waals surface area (Å²) < 4.78 is 5.01. The van der Waals surface area contributed by atoms with Crippen LogP contribution in [0, 0.1) is 6.92 Å². The summed E-state index contributed by atoms with van der Waals surface area (Å²) in [6.45, 7) is 8.33. The summed E-state index contributed by atoms with van der Waals surface area (Å²) in [6, 6.07) is 9.91. The van der Waals surface area contributed by atoms with Crippen molar-refractivity contribution in [1.82, 2.24) is 20.3 Å². The third-order valence-corrected chi connectivity index (χ3v) is 3.42. The van der Waals surface area contributed by atoms with Crippen molar-refractivity contribution in [3.63, 3.8) is 0 Å². The zero-order valence-electron chi connectivity index (χ0n) is 14.2. The molecule has 7 heteroatoms. The quantitative estimate of drug-likeness (QED) is 0.751. The van der Waals surface area contributed by atoms with Crippen molar-refractivity contribution in [2.24, 2.45) is 0 Å². The van der Waals surface area contributed by atoms with Crippen molar-refractivity contribution >= 4 is 23.3 Å². The molecule has 0 aliphatic heterocycles. The van der Waals surface area contributed by atoms with Crippen LogP contribution in [0.1, 0.15) is 32.1 Å². The largest absolute Gasteiger partial charge is 0.360 e. The van der Waals surface area contributed by atoms with Gasteiger partial charge in [-0.25, -0.2) is 0 Å². The van der Waals surface area contributed by atoms with Crippen LogP contribution in [0.2, 0.25) is 0 Å². The standard InChI is InChI=1S/C17H20N6O/c1-11-9-14(23-24-11)20-16-21-15(10-18-22-16)19-13-8-6-5-7-12(13)17(2,3)4/h5-10H,1-4H3,(H2,19,20,21,22,23). The predicted octanol–water partition coefficient (Wildman–Crippen LogP) is 3.95. The Balaban J connectivity index is 1.83. The molecule has 0 aliphatic rings. The van der Waals surface area contributed by atoms with E-state index < -0.39 is 0 Å². The normalized spacial score (nSPS) is 11.3. The minimum atomic E-state index is 0.0172. The van der Waals surface area contributed by atoms with E-state index in [1.807, 2.05) is 25.1 Å². The zero-order chi connectivity index (χ0) is 17.2. The van der Waals surface area contributed by atoms with Gasteiger partial charge in [-0.3, -0.25) is 0 Å². The molecule has 0 saturated carbocycles. The minimum absolute atomic E-state index is 0.0172. The summed E-state index contributed by atoms with van der Waals surface area (Å²) in [7, 11) is 0. The van der Waals surface area contributed by atoms with Crippen molar-refractivity contribution in [2.75, 3.05) is 10.6 Å². The van der Waals surface area contributed by atoms with Crippen LogP contribution in [-0.4, -0.2) is 20.3 Å². The van der Waals surface area contributed by atoms with E-state index in [0.29, 0.717) is 23.3 Å². The van der Waals surface area contributed by atoms with Crippen molar-refractivity contribution in [3.8, 4) is 0 Å². The van der Waals surface area contributed by atoms with Crippen LogP contribution in [0.25, 0.3) is 0 Å². The maximum Gasteiger partial charge on any atom is 0.250 e. The Hall–Kier alpha value is -2.96. The number of aryl methyl sites for hydroxylation is 1. The number of benzene rings is 1. The number of aromatic nitrogens is 4. The van der Waals surface area contributed by atoms with Crippen LogP contribution < -0.4 is 10.6 Å². The number of hydrogen-bond donors (Lipinski definition) is 2. The van der Waals surface area contributed by atoms with E-state index in [-0.39, 0.29) is 5.41 Å². The van der Waals surface area contributed by atoms with Gasteiger partial charge in [0.15, 0.2) is 11.6 Å². The Bertz CT molecular complexity index is 837. The molecule has 3 rings (SSSR count). The third-order valence-electron chi connectivity index (χ3n) is 3.42. The van der Waals surface area contributed by atoms with Gasteiger partial charge in [0.2, 0.25) is 5.95 Å². The summed E-state index contributed by atoms with van der Waals surface area (Å²) in [5.74, 6) is 2.20. The van der Waals surface area contributed by atoms with Gasteiger partial charge in [0.05, 0.1) is 6.20 Å². The Labute approximate surface area is 140 Å². The topological polar surface area (TPSA) is 88.8 Å². The van der Waals surface area contributed by atoms with E-state index in [1.54, 1.807) is 12.3 Å². The highest BCUT2D eigenvalue weighted by Crippen LogP contribution is 2.30. The van der Waals surface area contributed by atoms with Gasteiger partial charge in [-0.15, -0.1) is 5.10 Å². The van der Waals surface area contributed by atoms with Gasteiger partial charge in [0.1, 0.15) is 5.76 Å². The summed E-state index contributed by atoms with van der Waals surface area (Å²) in [5, 5.41) is 18.1. The number of rotatable bonds is 4. The molecule has 1 aromatic carbocycles. The molecule has 0 spiro atoms. The number of para-hydroxylation sites is 1. The summed E-state index contributed by atoms with van der Waals surface area (Å²) >= 11 is 0. The smallest absolute Gasteiger partial charge is 0.250 e. The van der Waals surface area contributed by atoms with E-state index in [4.69, 9.17) is 4.52 Å². The van der Waals surface area contributed by atoms with Crippen LogP contribution in [0.4, 0.5) is 23.3 Å². The summed E-state index contributed by atoms with van der Waals surface area (Å²) in [6.07, 6.45) is 1.58. The first kappa shape index (κ1) is 15.9. The maximum absolute atomic E-state index is 5.01. The molecule has 2 N–H and O–H groups in total. The SMILES string of the molecule is Cc1cc(Nc2nncc(Nc3ccccc3C(C)(C)C)n2)no1. The second-order valence-electron chi connectivity index (χ2n) is 6.53. The van der Waals surface area contributed by atoms with Crippen LogP contribution in [0.15, 0.2) is 41.1 Å². The molecule has 24 heavy (non-hydrogen) atoms. The van der Waals surface area contributed by atoms with Gasteiger partial charge >= 0.3 is 0 Å². The van der Waals surface area contributed by atoms with Gasteiger partial charge < -0.3 is 15.2 Å². The second kappa shape index (κ2) is 6.27. The molecule has 0 amide bonds. The zero-order valence-corrected chi connectivity index (χ0v) is 14.2. The van der Waals surface area contributed by atoms with E-state index in [0.717, 1.165) is 5.69 Å². The van der Waals surface area contributed by atoms with E-state index in [2.05, 4.69) is 57.8 Å². The average molecular weight is 324 g/mol. The molecule has 2 aromatic heterocycles. The maximum atomic E-state index is 5.01. The third kappa shape index (κ3) is 3.68. The van der Waals surface area contributed by atoms with Gasteiger partial charge in [0, 0.05) is 11.8 Å². The van der Waals surface area contributed by atoms with E-state index >= 15 is 0 Å². The molecule has 0 aliphatic carbocycles. The van der Waals surface area contributed by atoms with Crippen molar-refractivity contribution in [1.29, 1.82) is 0 Å². The van der Waals surface area contributed by atoms with Gasteiger partial charge in [-0.1, -0.05) is 44.1 Å². The molecule has 0 radical (unpaired) electrons. The van der Waals surface area contributed by atoms with Crippen LogP contribution >= 0.6 is 0 Å². The molecule has 0 atom stereocenters. The highest BCUT2D eigenvalue weighted by molar-refractivity contribution is 5.62. The minimum Gasteiger partial charge on any atom is -0.360 e. The molecule has 124 valence electrons. The molecular weight excluding hydrogens is 304 g/mol. The van der Waals surface area contributed by atoms with Gasteiger partial charge in [0.25, 0.3) is 0 Å². The fourth-order valence-corrected chi connectivity index (χ4v) is 2.34. The molecule has 0 bridgehead atoms. The van der Waals surface area contributed by atoms with E-state index in [9.17, 15) is 0 Å². The molecular formula is C17H20N6O. The molecule has 0 unspecified atom stereocenters. The second-order valence-corrected chi connectivity index (χ2v) is 6.53. The number of nitrogens with one attached hydrogen (secondary N) is 2. The van der Waals surface area contributed by atoms with E-state index in [1.165, 1.54) is 5.56 Å². The Morgan fingerprint density at radius 1 is 1.04 bits per heavy atom. The molecule has 0 saturated heterocycles. The molecule has 2 heterocycles. The van der Waals surface area contributed by atoms with Crippen LogP contribution in [0.5, 0.6) is 0 Å². The summed E-state index contributed by atoms with van der Waals surface area (Å²) in [5.41, 5.74) is 2.21. The van der Waals surface area contributed by atoms with Crippen LogP contribution in [0.3, 0.4) is 0 Å². The first-order chi connectivity index (χ1) is 11.4. The van der Waals surface area contributed by atoms with Crippen molar-refractivity contribution < 1.29 is 4.52 Å². The first-order valence-electron chi connectivity index (χ1n) is 7.68. The highest BCUT2D eigenvalue weighted by atomic mass is 16.5. The Kier molecular flexibility index (Phi) is 4.16. The summed E-state index contributed by atoms with van der Waals surface area (Å²) in [4.78, 5) is 4.42. The average Bonchev–Trinajstić information content (AvgIpc) is 2.92. The predicted molar refractivity (Wildman–Crippen MR) is 92.8 cm³/mol. The molecule has 3 aromatic rings. The lowest BCUT2D eigenvalue weighted by molar-refractivity contribution is 0.400. The number of nitrogens with zero attached hydrogens (tertiary/aromatic N) is 4. The fourth-order valence-electron chi connectivity index (χ4n) is 2.34. The fraction of sp³-hybridized carbons (Fsp3) is 0.294. The molecule has 0 fully saturated rings.